The molecule has 4 atom stereocenters. The molecule has 1 aliphatic rings. The minimum absolute atomic E-state index is 0.00238. The molecule has 9 nitrogen and oxygen atoms in total. The predicted octanol–water partition coefficient (Wildman–Crippen LogP) is 11.5. The number of carbonyl (C=O) groups is 1. The summed E-state index contributed by atoms with van der Waals surface area (Å²) in [6.07, 6.45) is 46.4. The molecule has 1 rings (SSSR count). The third kappa shape index (κ3) is 33.1. The average molecular weight is 766 g/mol. The average Bonchev–Trinajstić information content (AvgIpc) is 3.90. The molecule has 1 heterocycles. The molecule has 1 saturated heterocycles. The quantitative estimate of drug-likeness (QED) is 0.0157. The SMILES string of the molecule is CCCCC/C=C\C/C=C\CC1OC1C/C=C\CCCC(=O)O[C@H](CO/C=C/CCCCCC/C=C\CCCCCCCC)COP(=O)(O)OCCN. The van der Waals surface area contributed by atoms with Crippen LogP contribution >= 0.6 is 7.82 Å². The Hall–Kier alpha value is -2.00. The van der Waals surface area contributed by atoms with Gasteiger partial charge in [0.2, 0.25) is 0 Å². The van der Waals surface area contributed by atoms with Crippen molar-refractivity contribution in [3.8, 4) is 0 Å². The van der Waals surface area contributed by atoms with E-state index in [1.807, 2.05) is 6.08 Å². The molecular weight excluding hydrogens is 689 g/mol. The molecule has 0 radical (unpaired) electrons. The molecule has 10 heteroatoms. The van der Waals surface area contributed by atoms with Crippen molar-refractivity contribution in [3.63, 3.8) is 0 Å². The number of rotatable bonds is 38. The van der Waals surface area contributed by atoms with Crippen molar-refractivity contribution < 1.29 is 37.5 Å². The van der Waals surface area contributed by atoms with Gasteiger partial charge in [-0.25, -0.2) is 4.57 Å². The normalized spacial score (nSPS) is 17.9. The monoisotopic (exact) mass is 766 g/mol. The van der Waals surface area contributed by atoms with Crippen LogP contribution < -0.4 is 5.73 Å². The van der Waals surface area contributed by atoms with Crippen molar-refractivity contribution in [2.45, 2.75) is 180 Å². The Kier molecular flexibility index (Phi) is 33.0. The second kappa shape index (κ2) is 35.7. The number of hydrogen-bond donors (Lipinski definition) is 2. The number of hydrogen-bond acceptors (Lipinski definition) is 8. The lowest BCUT2D eigenvalue weighted by molar-refractivity contribution is -0.153. The highest BCUT2D eigenvalue weighted by Gasteiger charge is 2.36. The summed E-state index contributed by atoms with van der Waals surface area (Å²) in [5.74, 6) is -0.416. The molecule has 1 fully saturated rings. The molecule has 3 unspecified atom stereocenters. The number of unbranched alkanes of at least 4 members (excludes halogenated alkanes) is 15. The summed E-state index contributed by atoms with van der Waals surface area (Å²) in [6, 6.07) is 0. The highest BCUT2D eigenvalue weighted by atomic mass is 31.2. The van der Waals surface area contributed by atoms with Gasteiger partial charge in [-0.1, -0.05) is 120 Å². The topological polar surface area (TPSA) is 130 Å². The first-order chi connectivity index (χ1) is 25.9. The van der Waals surface area contributed by atoms with Gasteiger partial charge in [-0.05, 0) is 89.5 Å². The zero-order chi connectivity index (χ0) is 38.5. The summed E-state index contributed by atoms with van der Waals surface area (Å²) < 4.78 is 38.9. The van der Waals surface area contributed by atoms with Gasteiger partial charge in [-0.3, -0.25) is 13.8 Å². The zero-order valence-electron chi connectivity index (χ0n) is 33.4. The molecule has 53 heavy (non-hydrogen) atoms. The fourth-order valence-electron chi connectivity index (χ4n) is 5.64. The number of esters is 1. The molecular formula is C43H76NO8P. The van der Waals surface area contributed by atoms with E-state index in [2.05, 4.69) is 62.5 Å². The number of ether oxygens (including phenoxy) is 3. The van der Waals surface area contributed by atoms with Gasteiger partial charge in [-0.15, -0.1) is 0 Å². The number of carbonyl (C=O) groups excluding carboxylic acids is 1. The van der Waals surface area contributed by atoms with E-state index >= 15 is 0 Å². The van der Waals surface area contributed by atoms with Crippen LogP contribution in [0.4, 0.5) is 0 Å². The lowest BCUT2D eigenvalue weighted by atomic mass is 10.1. The molecule has 0 bridgehead atoms. The fraction of sp³-hybridized carbons (Fsp3) is 0.744. The second-order valence-corrected chi connectivity index (χ2v) is 15.4. The van der Waals surface area contributed by atoms with Crippen LogP contribution in [-0.2, 0) is 32.6 Å². The Bertz CT molecular complexity index is 1060. The van der Waals surface area contributed by atoms with Crippen molar-refractivity contribution in [3.05, 3.63) is 60.9 Å². The summed E-state index contributed by atoms with van der Waals surface area (Å²) in [4.78, 5) is 22.4. The first-order valence-electron chi connectivity index (χ1n) is 20.9. The summed E-state index contributed by atoms with van der Waals surface area (Å²) in [6.45, 7) is 4.10. The molecule has 0 amide bonds. The number of phosphoric acid groups is 1. The largest absolute Gasteiger partial charge is 0.498 e. The van der Waals surface area contributed by atoms with Gasteiger partial charge >= 0.3 is 13.8 Å². The standard InChI is InChI=1S/C43H76NO8P/c1-3-5-7-9-11-13-14-15-16-17-18-19-21-23-27-31-36-48-38-40(39-50-53(46,47)49-37-35-44)51-43(45)34-30-26-25-29-33-42-41(52-42)32-28-24-22-20-12-10-8-6-4-2/h12,15-16,20,24-25,28-29,31,36,40-42H,3-11,13-14,17-19,21-23,26-27,30,32-35,37-39,44H2,1-2H3,(H,46,47)/b16-15-,20-12-,28-24-,29-25-,36-31+/t40-,41?,42?/m1/s1. The van der Waals surface area contributed by atoms with Crippen molar-refractivity contribution >= 4 is 13.8 Å². The predicted molar refractivity (Wildman–Crippen MR) is 219 cm³/mol. The zero-order valence-corrected chi connectivity index (χ0v) is 34.3. The molecule has 0 spiro atoms. The Morgan fingerprint density at radius 2 is 1.19 bits per heavy atom. The summed E-state index contributed by atoms with van der Waals surface area (Å²) in [5.41, 5.74) is 5.36. The van der Waals surface area contributed by atoms with E-state index in [1.165, 1.54) is 83.5 Å². The molecule has 0 aromatic rings. The van der Waals surface area contributed by atoms with E-state index in [4.69, 9.17) is 29.0 Å². The first kappa shape index (κ1) is 49.0. The van der Waals surface area contributed by atoms with Gasteiger partial charge in [0, 0.05) is 13.0 Å². The second-order valence-electron chi connectivity index (χ2n) is 13.9. The smallest absolute Gasteiger partial charge is 0.472 e. The van der Waals surface area contributed by atoms with Gasteiger partial charge in [0.1, 0.15) is 6.61 Å². The molecule has 0 aliphatic carbocycles. The van der Waals surface area contributed by atoms with E-state index < -0.39 is 19.9 Å². The van der Waals surface area contributed by atoms with E-state index in [-0.39, 0.29) is 38.9 Å². The van der Waals surface area contributed by atoms with Gasteiger partial charge in [0.15, 0.2) is 6.10 Å². The summed E-state index contributed by atoms with van der Waals surface area (Å²) >= 11 is 0. The lowest BCUT2D eigenvalue weighted by Crippen LogP contribution is -2.27. The van der Waals surface area contributed by atoms with Crippen LogP contribution in [0.1, 0.15) is 162 Å². The number of nitrogens with two attached hydrogens (primary N) is 1. The van der Waals surface area contributed by atoms with Crippen LogP contribution in [0.25, 0.3) is 0 Å². The van der Waals surface area contributed by atoms with E-state index in [1.54, 1.807) is 6.26 Å². The Labute approximate surface area is 323 Å². The van der Waals surface area contributed by atoms with Gasteiger partial charge in [-0.2, -0.15) is 0 Å². The minimum Gasteiger partial charge on any atom is -0.498 e. The van der Waals surface area contributed by atoms with Crippen LogP contribution in [0.2, 0.25) is 0 Å². The fourth-order valence-corrected chi connectivity index (χ4v) is 6.40. The van der Waals surface area contributed by atoms with Gasteiger partial charge in [0.25, 0.3) is 0 Å². The first-order valence-corrected chi connectivity index (χ1v) is 22.4. The van der Waals surface area contributed by atoms with Gasteiger partial charge < -0.3 is 24.8 Å². The number of epoxide rings is 1. The molecule has 0 aromatic carbocycles. The molecule has 1 aliphatic heterocycles. The van der Waals surface area contributed by atoms with Crippen LogP contribution in [-0.4, -0.2) is 55.5 Å². The third-order valence-corrected chi connectivity index (χ3v) is 9.86. The van der Waals surface area contributed by atoms with Crippen molar-refractivity contribution in [1.82, 2.24) is 0 Å². The maximum atomic E-state index is 12.6. The molecule has 306 valence electrons. The number of phosphoric ester groups is 1. The van der Waals surface area contributed by atoms with Crippen LogP contribution in [0.5, 0.6) is 0 Å². The molecule has 0 aromatic heterocycles. The highest BCUT2D eigenvalue weighted by Crippen LogP contribution is 2.43. The lowest BCUT2D eigenvalue weighted by Gasteiger charge is -2.19. The van der Waals surface area contributed by atoms with Crippen LogP contribution in [0, 0.1) is 0 Å². The van der Waals surface area contributed by atoms with Crippen LogP contribution in [0.15, 0.2) is 60.9 Å². The molecule has 0 saturated carbocycles. The van der Waals surface area contributed by atoms with E-state index in [0.29, 0.717) is 12.5 Å². The van der Waals surface area contributed by atoms with E-state index in [0.717, 1.165) is 51.4 Å². The number of allylic oxidation sites excluding steroid dienone is 7. The third-order valence-electron chi connectivity index (χ3n) is 8.87. The van der Waals surface area contributed by atoms with Gasteiger partial charge in [0.05, 0.1) is 31.7 Å². The summed E-state index contributed by atoms with van der Waals surface area (Å²) in [7, 11) is -4.32. The Morgan fingerprint density at radius 3 is 1.85 bits per heavy atom. The highest BCUT2D eigenvalue weighted by molar-refractivity contribution is 7.47. The molecule has 3 N–H and O–H groups in total. The maximum absolute atomic E-state index is 12.6. The Balaban J connectivity index is 2.23. The van der Waals surface area contributed by atoms with E-state index in [9.17, 15) is 14.3 Å². The maximum Gasteiger partial charge on any atom is 0.472 e. The van der Waals surface area contributed by atoms with Crippen molar-refractivity contribution in [2.24, 2.45) is 5.73 Å². The van der Waals surface area contributed by atoms with Crippen molar-refractivity contribution in [1.29, 1.82) is 0 Å². The van der Waals surface area contributed by atoms with Crippen LogP contribution in [0.3, 0.4) is 0 Å². The van der Waals surface area contributed by atoms with Crippen molar-refractivity contribution in [2.75, 3.05) is 26.4 Å². The Morgan fingerprint density at radius 1 is 0.679 bits per heavy atom. The summed E-state index contributed by atoms with van der Waals surface area (Å²) in [5, 5.41) is 0. The minimum atomic E-state index is -4.32.